The monoisotopic (exact) mass is 235 g/mol. The summed E-state index contributed by atoms with van der Waals surface area (Å²) >= 11 is 6.11. The first-order valence-electron chi connectivity index (χ1n) is 5.57. The number of para-hydroxylation sites is 1. The van der Waals surface area contributed by atoms with E-state index in [1.807, 2.05) is 12.1 Å². The number of benzene rings is 1. The largest absolute Gasteiger partial charge is 0.306 e. The molecule has 0 radical (unpaired) electrons. The van der Waals surface area contributed by atoms with Gasteiger partial charge in [-0.2, -0.15) is 5.10 Å². The van der Waals surface area contributed by atoms with Crippen molar-refractivity contribution in [3.63, 3.8) is 0 Å². The van der Waals surface area contributed by atoms with Crippen molar-refractivity contribution in [2.75, 3.05) is 20.1 Å². The lowest BCUT2D eigenvalue weighted by molar-refractivity contribution is 0.411. The highest BCUT2D eigenvalue weighted by Crippen LogP contribution is 2.32. The number of likely N-dealkylation sites (N-methyl/N-ethyl adjacent to an activating group) is 1. The third kappa shape index (κ3) is 1.51. The summed E-state index contributed by atoms with van der Waals surface area (Å²) in [6, 6.07) is 5.97. The fourth-order valence-corrected chi connectivity index (χ4v) is 2.72. The van der Waals surface area contributed by atoms with Crippen molar-refractivity contribution in [1.29, 1.82) is 0 Å². The molecule has 16 heavy (non-hydrogen) atoms. The van der Waals surface area contributed by atoms with Crippen molar-refractivity contribution >= 4 is 22.5 Å². The van der Waals surface area contributed by atoms with E-state index in [2.05, 4.69) is 28.2 Å². The SMILES string of the molecule is CN1CCC(c2[nH]nc3c(Cl)cccc23)C1. The maximum absolute atomic E-state index is 6.11. The molecular weight excluding hydrogens is 222 g/mol. The highest BCUT2D eigenvalue weighted by Gasteiger charge is 2.24. The first kappa shape index (κ1) is 10.1. The van der Waals surface area contributed by atoms with Crippen molar-refractivity contribution in [2.45, 2.75) is 12.3 Å². The normalized spacial score (nSPS) is 22.0. The number of hydrogen-bond donors (Lipinski definition) is 1. The third-order valence-electron chi connectivity index (χ3n) is 3.36. The average Bonchev–Trinajstić information content (AvgIpc) is 2.84. The van der Waals surface area contributed by atoms with Crippen LogP contribution in [-0.4, -0.2) is 35.2 Å². The second-order valence-corrected chi connectivity index (χ2v) is 4.93. The van der Waals surface area contributed by atoms with Crippen LogP contribution in [0, 0.1) is 0 Å². The van der Waals surface area contributed by atoms with E-state index in [9.17, 15) is 0 Å². The molecule has 3 rings (SSSR count). The highest BCUT2D eigenvalue weighted by molar-refractivity contribution is 6.35. The molecule has 4 heteroatoms. The van der Waals surface area contributed by atoms with Crippen LogP contribution in [0.15, 0.2) is 18.2 Å². The zero-order chi connectivity index (χ0) is 11.1. The second-order valence-electron chi connectivity index (χ2n) is 4.52. The van der Waals surface area contributed by atoms with E-state index in [4.69, 9.17) is 11.6 Å². The van der Waals surface area contributed by atoms with Crippen LogP contribution in [0.4, 0.5) is 0 Å². The van der Waals surface area contributed by atoms with Gasteiger partial charge in [-0.15, -0.1) is 0 Å². The lowest BCUT2D eigenvalue weighted by Gasteiger charge is -2.08. The second kappa shape index (κ2) is 3.75. The molecule has 2 aromatic rings. The van der Waals surface area contributed by atoms with Crippen LogP contribution in [0.5, 0.6) is 0 Å². The number of hydrogen-bond acceptors (Lipinski definition) is 2. The van der Waals surface area contributed by atoms with Gasteiger partial charge in [-0.25, -0.2) is 0 Å². The predicted molar refractivity (Wildman–Crippen MR) is 66.0 cm³/mol. The molecule has 1 saturated heterocycles. The molecule has 0 aliphatic carbocycles. The molecule has 1 N–H and O–H groups in total. The van der Waals surface area contributed by atoms with E-state index in [1.165, 1.54) is 17.5 Å². The number of H-pyrrole nitrogens is 1. The number of aromatic nitrogens is 2. The highest BCUT2D eigenvalue weighted by atomic mass is 35.5. The standard InChI is InChI=1S/C12H14ClN3/c1-16-6-5-8(7-16)11-9-3-2-4-10(13)12(9)15-14-11/h2-4,8H,5-7H2,1H3,(H,14,15). The lowest BCUT2D eigenvalue weighted by Crippen LogP contribution is -2.13. The molecular formula is C12H14ClN3. The first-order chi connectivity index (χ1) is 7.75. The fraction of sp³-hybridized carbons (Fsp3) is 0.417. The van der Waals surface area contributed by atoms with Crippen molar-refractivity contribution in [1.82, 2.24) is 15.1 Å². The number of likely N-dealkylation sites (tertiary alicyclic amines) is 1. The molecule has 1 fully saturated rings. The molecule has 1 aromatic carbocycles. The van der Waals surface area contributed by atoms with Gasteiger partial charge in [0.2, 0.25) is 0 Å². The Balaban J connectivity index is 2.08. The van der Waals surface area contributed by atoms with Crippen LogP contribution in [0.3, 0.4) is 0 Å². The van der Waals surface area contributed by atoms with Crippen LogP contribution in [0.2, 0.25) is 5.02 Å². The first-order valence-corrected chi connectivity index (χ1v) is 5.94. The van der Waals surface area contributed by atoms with Crippen molar-refractivity contribution in [3.8, 4) is 0 Å². The minimum absolute atomic E-state index is 0.563. The Bertz CT molecular complexity index is 520. The van der Waals surface area contributed by atoms with Gasteiger partial charge in [-0.1, -0.05) is 23.7 Å². The maximum Gasteiger partial charge on any atom is 0.111 e. The molecule has 0 saturated carbocycles. The summed E-state index contributed by atoms with van der Waals surface area (Å²) < 4.78 is 0. The number of aromatic amines is 1. The summed E-state index contributed by atoms with van der Waals surface area (Å²) in [6.07, 6.45) is 1.19. The van der Waals surface area contributed by atoms with Gasteiger partial charge in [0.25, 0.3) is 0 Å². The molecule has 3 nitrogen and oxygen atoms in total. The summed E-state index contributed by atoms with van der Waals surface area (Å²) in [7, 11) is 2.16. The Morgan fingerprint density at radius 2 is 2.38 bits per heavy atom. The summed E-state index contributed by atoms with van der Waals surface area (Å²) in [5.41, 5.74) is 2.13. The molecule has 2 heterocycles. The number of rotatable bonds is 1. The van der Waals surface area contributed by atoms with Gasteiger partial charge >= 0.3 is 0 Å². The predicted octanol–water partition coefficient (Wildman–Crippen LogP) is 2.64. The van der Waals surface area contributed by atoms with Gasteiger partial charge in [-0.05, 0) is 26.1 Å². The van der Waals surface area contributed by atoms with Crippen LogP contribution in [0.1, 0.15) is 18.0 Å². The topological polar surface area (TPSA) is 31.9 Å². The molecule has 0 spiro atoms. The Labute approximate surface area is 99.4 Å². The minimum Gasteiger partial charge on any atom is -0.306 e. The quantitative estimate of drug-likeness (QED) is 0.824. The van der Waals surface area contributed by atoms with E-state index in [-0.39, 0.29) is 0 Å². The van der Waals surface area contributed by atoms with Crippen LogP contribution in [0.25, 0.3) is 10.9 Å². The number of nitrogens with one attached hydrogen (secondary N) is 1. The van der Waals surface area contributed by atoms with Crippen molar-refractivity contribution in [3.05, 3.63) is 28.9 Å². The zero-order valence-corrected chi connectivity index (χ0v) is 9.96. The van der Waals surface area contributed by atoms with Gasteiger partial charge < -0.3 is 4.90 Å². The Morgan fingerprint density at radius 3 is 3.12 bits per heavy atom. The number of fused-ring (bicyclic) bond motifs is 1. The van der Waals surface area contributed by atoms with Gasteiger partial charge in [0.05, 0.1) is 5.02 Å². The molecule has 1 aliphatic heterocycles. The van der Waals surface area contributed by atoms with Gasteiger partial charge in [0, 0.05) is 23.5 Å². The smallest absolute Gasteiger partial charge is 0.111 e. The van der Waals surface area contributed by atoms with Crippen molar-refractivity contribution in [2.24, 2.45) is 0 Å². The summed E-state index contributed by atoms with van der Waals surface area (Å²) in [6.45, 7) is 2.26. The van der Waals surface area contributed by atoms with Crippen LogP contribution in [-0.2, 0) is 0 Å². The van der Waals surface area contributed by atoms with E-state index < -0.39 is 0 Å². The van der Waals surface area contributed by atoms with E-state index >= 15 is 0 Å². The molecule has 0 amide bonds. The van der Waals surface area contributed by atoms with E-state index in [1.54, 1.807) is 0 Å². The van der Waals surface area contributed by atoms with Gasteiger partial charge in [-0.3, -0.25) is 5.10 Å². The Morgan fingerprint density at radius 1 is 1.50 bits per heavy atom. The van der Waals surface area contributed by atoms with Crippen molar-refractivity contribution < 1.29 is 0 Å². The molecule has 1 atom stereocenters. The molecule has 1 unspecified atom stereocenters. The lowest BCUT2D eigenvalue weighted by atomic mass is 10.0. The van der Waals surface area contributed by atoms with E-state index in [0.717, 1.165) is 23.6 Å². The van der Waals surface area contributed by atoms with Gasteiger partial charge in [0.1, 0.15) is 5.52 Å². The average molecular weight is 236 g/mol. The maximum atomic E-state index is 6.11. The molecule has 84 valence electrons. The fourth-order valence-electron chi connectivity index (χ4n) is 2.50. The summed E-state index contributed by atoms with van der Waals surface area (Å²) in [5, 5.41) is 9.37. The molecule has 1 aliphatic rings. The summed E-state index contributed by atoms with van der Waals surface area (Å²) in [4.78, 5) is 2.35. The molecule has 1 aromatic heterocycles. The Kier molecular flexibility index (Phi) is 2.37. The zero-order valence-electron chi connectivity index (χ0n) is 9.20. The minimum atomic E-state index is 0.563. The van der Waals surface area contributed by atoms with Crippen LogP contribution < -0.4 is 0 Å². The molecule has 0 bridgehead atoms. The van der Waals surface area contributed by atoms with Gasteiger partial charge in [0.15, 0.2) is 0 Å². The summed E-state index contributed by atoms with van der Waals surface area (Å²) in [5.74, 6) is 0.563. The number of halogens is 1. The third-order valence-corrected chi connectivity index (χ3v) is 3.67. The van der Waals surface area contributed by atoms with Crippen LogP contribution >= 0.6 is 11.6 Å². The Hall–Kier alpha value is -1.06. The number of nitrogens with zero attached hydrogens (tertiary/aromatic N) is 2. The van der Waals surface area contributed by atoms with E-state index in [0.29, 0.717) is 5.92 Å².